The highest BCUT2D eigenvalue weighted by Gasteiger charge is 2.37. The summed E-state index contributed by atoms with van der Waals surface area (Å²) in [6.45, 7) is 2.35. The highest BCUT2D eigenvalue weighted by Crippen LogP contribution is 2.34. The molecule has 1 atom stereocenters. The molecular formula is C25H25N3O5S. The van der Waals surface area contributed by atoms with Crippen LogP contribution in [0.15, 0.2) is 53.4 Å². The maximum atomic E-state index is 12.7. The number of anilines is 1. The molecule has 2 aromatic carbocycles. The number of nitrogens with one attached hydrogen (secondary N) is 1. The van der Waals surface area contributed by atoms with E-state index >= 15 is 0 Å². The number of aryl methyl sites for hydroxylation is 1. The first kappa shape index (κ1) is 23.6. The molecule has 2 aliphatic rings. The van der Waals surface area contributed by atoms with Gasteiger partial charge in [-0.2, -0.15) is 0 Å². The van der Waals surface area contributed by atoms with Crippen LogP contribution in [-0.4, -0.2) is 54.6 Å². The number of imide groups is 1. The molecule has 4 amide bonds. The van der Waals surface area contributed by atoms with Crippen LogP contribution in [0.25, 0.3) is 6.08 Å². The predicted molar refractivity (Wildman–Crippen MR) is 130 cm³/mol. The quantitative estimate of drug-likeness (QED) is 0.613. The van der Waals surface area contributed by atoms with Crippen LogP contribution < -0.4 is 15.0 Å². The molecule has 1 N–H and O–H groups in total. The molecule has 2 heterocycles. The second-order valence-corrected chi connectivity index (χ2v) is 9.11. The fraction of sp³-hybridized carbons (Fsp3) is 0.280. The van der Waals surface area contributed by atoms with Gasteiger partial charge in [0.25, 0.3) is 11.1 Å². The molecule has 8 nitrogen and oxygen atoms in total. The van der Waals surface area contributed by atoms with Gasteiger partial charge >= 0.3 is 0 Å². The van der Waals surface area contributed by atoms with Crippen molar-refractivity contribution in [2.75, 3.05) is 31.6 Å². The Labute approximate surface area is 201 Å². The molecule has 2 aliphatic heterocycles. The van der Waals surface area contributed by atoms with E-state index in [0.717, 1.165) is 27.8 Å². The molecule has 1 unspecified atom stereocenters. The highest BCUT2D eigenvalue weighted by molar-refractivity contribution is 8.18. The fourth-order valence-electron chi connectivity index (χ4n) is 3.96. The number of hydrogen-bond acceptors (Lipinski definition) is 6. The number of nitrogens with zero attached hydrogens (tertiary/aromatic N) is 2. The van der Waals surface area contributed by atoms with Gasteiger partial charge in [0.15, 0.2) is 0 Å². The molecule has 0 aliphatic carbocycles. The number of amides is 4. The normalized spacial score (nSPS) is 19.3. The van der Waals surface area contributed by atoms with Gasteiger partial charge in [0.1, 0.15) is 5.75 Å². The van der Waals surface area contributed by atoms with Crippen molar-refractivity contribution >= 4 is 46.5 Å². The molecule has 0 saturated carbocycles. The molecule has 0 aromatic heterocycles. The van der Waals surface area contributed by atoms with Crippen LogP contribution in [0.4, 0.5) is 10.5 Å². The Balaban J connectivity index is 1.33. The van der Waals surface area contributed by atoms with Gasteiger partial charge in [-0.05, 0) is 48.0 Å². The molecule has 2 aromatic rings. The lowest BCUT2D eigenvalue weighted by Crippen LogP contribution is -2.40. The number of thioether (sulfide) groups is 1. The number of hydrogen-bond donors (Lipinski definition) is 1. The van der Waals surface area contributed by atoms with Gasteiger partial charge in [0, 0.05) is 26.1 Å². The van der Waals surface area contributed by atoms with Gasteiger partial charge in [-0.25, -0.2) is 0 Å². The van der Waals surface area contributed by atoms with Gasteiger partial charge < -0.3 is 15.0 Å². The van der Waals surface area contributed by atoms with Crippen LogP contribution in [0.3, 0.4) is 0 Å². The van der Waals surface area contributed by atoms with Crippen LogP contribution in [0, 0.1) is 12.8 Å². The van der Waals surface area contributed by atoms with E-state index in [1.54, 1.807) is 24.2 Å². The molecule has 0 bridgehead atoms. The zero-order valence-electron chi connectivity index (χ0n) is 18.9. The average molecular weight is 480 g/mol. The Hall–Kier alpha value is -3.59. The monoisotopic (exact) mass is 479 g/mol. The van der Waals surface area contributed by atoms with E-state index in [2.05, 4.69) is 5.32 Å². The summed E-state index contributed by atoms with van der Waals surface area (Å²) in [5.41, 5.74) is 2.46. The second kappa shape index (κ2) is 10.1. The SMILES string of the molecule is COc1ccc(C)cc1N1CC(C(=O)NCCN2C(=O)S/C(=C\c3ccccc3)C2=O)CC1=O. The van der Waals surface area contributed by atoms with E-state index in [-0.39, 0.29) is 49.0 Å². The molecule has 2 fully saturated rings. The van der Waals surface area contributed by atoms with Crippen LogP contribution in [0.5, 0.6) is 5.75 Å². The van der Waals surface area contributed by atoms with E-state index in [9.17, 15) is 19.2 Å². The van der Waals surface area contributed by atoms with E-state index in [1.807, 2.05) is 49.4 Å². The van der Waals surface area contributed by atoms with Crippen molar-refractivity contribution in [1.29, 1.82) is 0 Å². The lowest BCUT2D eigenvalue weighted by molar-refractivity contribution is -0.127. The molecule has 176 valence electrons. The van der Waals surface area contributed by atoms with Crippen molar-refractivity contribution in [3.63, 3.8) is 0 Å². The molecule has 0 radical (unpaired) electrons. The van der Waals surface area contributed by atoms with Crippen LogP contribution in [0.1, 0.15) is 17.5 Å². The van der Waals surface area contributed by atoms with Crippen molar-refractivity contribution in [2.24, 2.45) is 5.92 Å². The van der Waals surface area contributed by atoms with E-state index in [0.29, 0.717) is 16.3 Å². The molecule has 4 rings (SSSR count). The third-order valence-electron chi connectivity index (χ3n) is 5.73. The first-order chi connectivity index (χ1) is 16.4. The minimum Gasteiger partial charge on any atom is -0.495 e. The first-order valence-electron chi connectivity index (χ1n) is 10.9. The lowest BCUT2D eigenvalue weighted by atomic mass is 10.1. The standard InChI is InChI=1S/C25H25N3O5S/c1-16-8-9-20(33-2)19(12-16)28-15-18(14-22(28)29)23(30)26-10-11-27-24(31)21(34-25(27)32)13-17-6-4-3-5-7-17/h3-9,12-13,18H,10-11,14-15H2,1-2H3,(H,26,30)/b21-13-. The maximum Gasteiger partial charge on any atom is 0.293 e. The summed E-state index contributed by atoms with van der Waals surface area (Å²) in [4.78, 5) is 53.3. The Bertz CT molecular complexity index is 1160. The molecular weight excluding hydrogens is 454 g/mol. The summed E-state index contributed by atoms with van der Waals surface area (Å²) < 4.78 is 5.37. The summed E-state index contributed by atoms with van der Waals surface area (Å²) in [6, 6.07) is 14.9. The molecule has 2 saturated heterocycles. The van der Waals surface area contributed by atoms with Gasteiger partial charge in [-0.1, -0.05) is 36.4 Å². The largest absolute Gasteiger partial charge is 0.495 e. The van der Waals surface area contributed by atoms with Gasteiger partial charge in [0.05, 0.1) is 23.6 Å². The third-order valence-corrected chi connectivity index (χ3v) is 6.63. The summed E-state index contributed by atoms with van der Waals surface area (Å²) in [5, 5.41) is 2.40. The van der Waals surface area contributed by atoms with Crippen molar-refractivity contribution < 1.29 is 23.9 Å². The summed E-state index contributed by atoms with van der Waals surface area (Å²) in [5.74, 6) is -0.759. The Morgan fingerprint density at radius 1 is 1.18 bits per heavy atom. The Morgan fingerprint density at radius 3 is 2.68 bits per heavy atom. The maximum absolute atomic E-state index is 12.7. The lowest BCUT2D eigenvalue weighted by Gasteiger charge is -2.20. The van der Waals surface area contributed by atoms with Crippen molar-refractivity contribution in [3.05, 3.63) is 64.6 Å². The first-order valence-corrected chi connectivity index (χ1v) is 11.7. The van der Waals surface area contributed by atoms with Crippen LogP contribution in [0.2, 0.25) is 0 Å². The van der Waals surface area contributed by atoms with Gasteiger partial charge in [-0.15, -0.1) is 0 Å². The number of carbonyl (C=O) groups is 4. The summed E-state index contributed by atoms with van der Waals surface area (Å²) in [6.07, 6.45) is 1.77. The predicted octanol–water partition coefficient (Wildman–Crippen LogP) is 3.21. The zero-order chi connectivity index (χ0) is 24.2. The van der Waals surface area contributed by atoms with Crippen molar-refractivity contribution in [1.82, 2.24) is 10.2 Å². The molecule has 0 spiro atoms. The number of benzene rings is 2. The van der Waals surface area contributed by atoms with Gasteiger partial charge in [0.2, 0.25) is 11.8 Å². The van der Waals surface area contributed by atoms with Gasteiger partial charge in [-0.3, -0.25) is 24.1 Å². The molecule has 9 heteroatoms. The summed E-state index contributed by atoms with van der Waals surface area (Å²) in [7, 11) is 1.54. The highest BCUT2D eigenvalue weighted by atomic mass is 32.2. The third kappa shape index (κ3) is 4.99. The van der Waals surface area contributed by atoms with Crippen LogP contribution >= 0.6 is 11.8 Å². The van der Waals surface area contributed by atoms with E-state index in [4.69, 9.17) is 4.74 Å². The molecule has 34 heavy (non-hydrogen) atoms. The van der Waals surface area contributed by atoms with Crippen molar-refractivity contribution in [3.8, 4) is 5.75 Å². The Morgan fingerprint density at radius 2 is 1.94 bits per heavy atom. The zero-order valence-corrected chi connectivity index (χ0v) is 19.8. The fourth-order valence-corrected chi connectivity index (χ4v) is 4.82. The minimum atomic E-state index is -0.523. The number of methoxy groups -OCH3 is 1. The number of carbonyl (C=O) groups excluding carboxylic acids is 4. The average Bonchev–Trinajstić information content (AvgIpc) is 3.34. The second-order valence-electron chi connectivity index (χ2n) is 8.12. The Kier molecular flexibility index (Phi) is 7.02. The topological polar surface area (TPSA) is 96.0 Å². The van der Waals surface area contributed by atoms with Crippen LogP contribution in [-0.2, 0) is 14.4 Å². The van der Waals surface area contributed by atoms with E-state index < -0.39 is 5.92 Å². The number of ether oxygens (including phenoxy) is 1. The number of rotatable bonds is 7. The smallest absolute Gasteiger partial charge is 0.293 e. The van der Waals surface area contributed by atoms with Crippen molar-refractivity contribution in [2.45, 2.75) is 13.3 Å². The summed E-state index contributed by atoms with van der Waals surface area (Å²) >= 11 is 0.886. The van der Waals surface area contributed by atoms with E-state index in [1.165, 1.54) is 0 Å². The minimum absolute atomic E-state index is 0.0681.